The third-order valence-electron chi connectivity index (χ3n) is 2.10. The highest BCUT2D eigenvalue weighted by Crippen LogP contribution is 2.11. The summed E-state index contributed by atoms with van der Waals surface area (Å²) in [4.78, 5) is 0. The average Bonchev–Trinajstić information content (AvgIpc) is 2.50. The molecule has 0 bridgehead atoms. The molecule has 1 aromatic rings. The van der Waals surface area contributed by atoms with E-state index in [4.69, 9.17) is 5.11 Å². The standard InChI is InChI=1S/C9H17N3O/c1-3-4-8(7-13)5-9-6-12(2)11-10-9/h6,8,13H,3-5,7H2,1-2H3. The second-order valence-electron chi connectivity index (χ2n) is 3.42. The number of nitrogens with zero attached hydrogens (tertiary/aromatic N) is 3. The van der Waals surface area contributed by atoms with E-state index in [1.54, 1.807) is 4.68 Å². The summed E-state index contributed by atoms with van der Waals surface area (Å²) in [5.41, 5.74) is 0.968. The summed E-state index contributed by atoms with van der Waals surface area (Å²) >= 11 is 0. The lowest BCUT2D eigenvalue weighted by molar-refractivity contribution is 0.216. The van der Waals surface area contributed by atoms with Crippen LogP contribution in [0.3, 0.4) is 0 Å². The molecule has 1 heterocycles. The molecule has 13 heavy (non-hydrogen) atoms. The average molecular weight is 183 g/mol. The highest BCUT2D eigenvalue weighted by molar-refractivity contribution is 4.93. The Balaban J connectivity index is 2.46. The van der Waals surface area contributed by atoms with Gasteiger partial charge in [0.25, 0.3) is 0 Å². The minimum atomic E-state index is 0.240. The fraction of sp³-hybridized carbons (Fsp3) is 0.778. The summed E-state index contributed by atoms with van der Waals surface area (Å²) in [7, 11) is 1.85. The molecule has 0 aromatic carbocycles. The van der Waals surface area contributed by atoms with Gasteiger partial charge in [-0.15, -0.1) is 5.10 Å². The van der Waals surface area contributed by atoms with Gasteiger partial charge in [-0.2, -0.15) is 0 Å². The van der Waals surface area contributed by atoms with Gasteiger partial charge in [-0.05, 0) is 18.8 Å². The highest BCUT2D eigenvalue weighted by atomic mass is 16.3. The Bertz CT molecular complexity index is 247. The van der Waals surface area contributed by atoms with E-state index in [1.807, 2.05) is 13.2 Å². The smallest absolute Gasteiger partial charge is 0.0830 e. The van der Waals surface area contributed by atoms with Gasteiger partial charge in [0, 0.05) is 19.9 Å². The molecule has 1 atom stereocenters. The summed E-state index contributed by atoms with van der Waals surface area (Å²) < 4.78 is 1.69. The first-order valence-electron chi connectivity index (χ1n) is 4.72. The van der Waals surface area contributed by atoms with E-state index in [-0.39, 0.29) is 6.61 Å². The number of aromatic nitrogens is 3. The Morgan fingerprint density at radius 3 is 2.85 bits per heavy atom. The number of rotatable bonds is 5. The van der Waals surface area contributed by atoms with Crippen LogP contribution in [0.2, 0.25) is 0 Å². The van der Waals surface area contributed by atoms with Gasteiger partial charge in [0.2, 0.25) is 0 Å². The lowest BCUT2D eigenvalue weighted by Gasteiger charge is -2.09. The molecule has 1 unspecified atom stereocenters. The first-order valence-corrected chi connectivity index (χ1v) is 4.72. The highest BCUT2D eigenvalue weighted by Gasteiger charge is 2.09. The van der Waals surface area contributed by atoms with Crippen LogP contribution >= 0.6 is 0 Å². The molecule has 4 heteroatoms. The summed E-state index contributed by atoms with van der Waals surface area (Å²) in [5.74, 6) is 0.335. The van der Waals surface area contributed by atoms with E-state index in [9.17, 15) is 0 Å². The van der Waals surface area contributed by atoms with Crippen LogP contribution in [0.4, 0.5) is 0 Å². The van der Waals surface area contributed by atoms with Gasteiger partial charge < -0.3 is 5.11 Å². The zero-order valence-electron chi connectivity index (χ0n) is 8.27. The summed E-state index contributed by atoms with van der Waals surface area (Å²) in [6, 6.07) is 0. The monoisotopic (exact) mass is 183 g/mol. The number of aliphatic hydroxyl groups excluding tert-OH is 1. The molecule has 0 radical (unpaired) electrons. The van der Waals surface area contributed by atoms with Crippen LogP contribution in [-0.2, 0) is 13.5 Å². The van der Waals surface area contributed by atoms with E-state index >= 15 is 0 Å². The minimum Gasteiger partial charge on any atom is -0.396 e. The number of aryl methyl sites for hydroxylation is 1. The Labute approximate surface area is 78.6 Å². The van der Waals surface area contributed by atoms with Crippen molar-refractivity contribution < 1.29 is 5.11 Å². The van der Waals surface area contributed by atoms with Gasteiger partial charge >= 0.3 is 0 Å². The normalized spacial score (nSPS) is 13.2. The maximum absolute atomic E-state index is 9.07. The van der Waals surface area contributed by atoms with Gasteiger partial charge in [0.15, 0.2) is 0 Å². The van der Waals surface area contributed by atoms with E-state index in [0.29, 0.717) is 5.92 Å². The van der Waals surface area contributed by atoms with Crippen molar-refractivity contribution in [1.82, 2.24) is 15.0 Å². The molecule has 0 aliphatic rings. The third kappa shape index (κ3) is 3.14. The molecule has 74 valence electrons. The van der Waals surface area contributed by atoms with E-state index < -0.39 is 0 Å². The van der Waals surface area contributed by atoms with Crippen molar-refractivity contribution in [3.05, 3.63) is 11.9 Å². The molecule has 0 amide bonds. The molecular weight excluding hydrogens is 166 g/mol. The van der Waals surface area contributed by atoms with Crippen LogP contribution in [0.15, 0.2) is 6.20 Å². The largest absolute Gasteiger partial charge is 0.396 e. The van der Waals surface area contributed by atoms with Crippen molar-refractivity contribution >= 4 is 0 Å². The van der Waals surface area contributed by atoms with Gasteiger partial charge in [-0.1, -0.05) is 18.6 Å². The van der Waals surface area contributed by atoms with Crippen LogP contribution in [0.25, 0.3) is 0 Å². The van der Waals surface area contributed by atoms with Gasteiger partial charge in [0.05, 0.1) is 5.69 Å². The predicted octanol–water partition coefficient (Wildman–Crippen LogP) is 0.766. The van der Waals surface area contributed by atoms with Crippen molar-refractivity contribution in [2.45, 2.75) is 26.2 Å². The second kappa shape index (κ2) is 4.97. The van der Waals surface area contributed by atoms with Crippen LogP contribution in [0.1, 0.15) is 25.5 Å². The van der Waals surface area contributed by atoms with E-state index in [2.05, 4.69) is 17.2 Å². The third-order valence-corrected chi connectivity index (χ3v) is 2.10. The molecule has 0 saturated carbocycles. The fourth-order valence-corrected chi connectivity index (χ4v) is 1.45. The summed E-state index contributed by atoms with van der Waals surface area (Å²) in [5, 5.41) is 16.9. The molecule has 0 aliphatic carbocycles. The Morgan fingerprint density at radius 1 is 1.62 bits per heavy atom. The van der Waals surface area contributed by atoms with Crippen molar-refractivity contribution in [2.24, 2.45) is 13.0 Å². The van der Waals surface area contributed by atoms with Gasteiger partial charge in [0.1, 0.15) is 0 Å². The van der Waals surface area contributed by atoms with E-state index in [1.165, 1.54) is 0 Å². The number of hydrogen-bond acceptors (Lipinski definition) is 3. The minimum absolute atomic E-state index is 0.240. The number of hydrogen-bond donors (Lipinski definition) is 1. The van der Waals surface area contributed by atoms with Gasteiger partial charge in [-0.25, -0.2) is 0 Å². The van der Waals surface area contributed by atoms with Crippen molar-refractivity contribution in [3.8, 4) is 0 Å². The second-order valence-corrected chi connectivity index (χ2v) is 3.42. The Morgan fingerprint density at radius 2 is 2.38 bits per heavy atom. The first kappa shape index (κ1) is 10.2. The SMILES string of the molecule is CCCC(CO)Cc1cn(C)nn1. The van der Waals surface area contributed by atoms with Crippen LogP contribution in [0, 0.1) is 5.92 Å². The molecule has 1 rings (SSSR count). The molecule has 0 saturated heterocycles. The molecule has 0 fully saturated rings. The molecule has 4 nitrogen and oxygen atoms in total. The molecule has 1 N–H and O–H groups in total. The fourth-order valence-electron chi connectivity index (χ4n) is 1.45. The molecule has 0 aliphatic heterocycles. The maximum Gasteiger partial charge on any atom is 0.0830 e. The van der Waals surface area contributed by atoms with Crippen molar-refractivity contribution in [2.75, 3.05) is 6.61 Å². The maximum atomic E-state index is 9.07. The lowest BCUT2D eigenvalue weighted by Crippen LogP contribution is -2.09. The van der Waals surface area contributed by atoms with Crippen molar-refractivity contribution in [3.63, 3.8) is 0 Å². The Kier molecular flexibility index (Phi) is 3.89. The zero-order valence-corrected chi connectivity index (χ0v) is 8.27. The van der Waals surface area contributed by atoms with Gasteiger partial charge in [-0.3, -0.25) is 4.68 Å². The van der Waals surface area contributed by atoms with Crippen LogP contribution in [0.5, 0.6) is 0 Å². The summed E-state index contributed by atoms with van der Waals surface area (Å²) in [6.45, 7) is 2.36. The predicted molar refractivity (Wildman–Crippen MR) is 50.2 cm³/mol. The van der Waals surface area contributed by atoms with Crippen molar-refractivity contribution in [1.29, 1.82) is 0 Å². The first-order chi connectivity index (χ1) is 6.26. The molecule has 1 aromatic heterocycles. The van der Waals surface area contributed by atoms with Crippen LogP contribution < -0.4 is 0 Å². The quantitative estimate of drug-likeness (QED) is 0.733. The Hall–Kier alpha value is -0.900. The lowest BCUT2D eigenvalue weighted by atomic mass is 9.99. The molecule has 0 spiro atoms. The summed E-state index contributed by atoms with van der Waals surface area (Å²) in [6.07, 6.45) is 4.88. The molecular formula is C9H17N3O. The zero-order chi connectivity index (χ0) is 9.68. The topological polar surface area (TPSA) is 50.9 Å². The number of aliphatic hydroxyl groups is 1. The van der Waals surface area contributed by atoms with E-state index in [0.717, 1.165) is 25.0 Å². The van der Waals surface area contributed by atoms with Crippen LogP contribution in [-0.4, -0.2) is 26.7 Å².